The Bertz CT molecular complexity index is 728. The molecule has 0 saturated heterocycles. The second-order valence-corrected chi connectivity index (χ2v) is 7.75. The van der Waals surface area contributed by atoms with Crippen molar-refractivity contribution in [3.8, 4) is 0 Å². The van der Waals surface area contributed by atoms with Crippen LogP contribution in [0, 0.1) is 12.8 Å². The highest BCUT2D eigenvalue weighted by atomic mass is 32.2. The summed E-state index contributed by atoms with van der Waals surface area (Å²) in [6, 6.07) is 7.65. The van der Waals surface area contributed by atoms with Gasteiger partial charge < -0.3 is 15.6 Å². The second-order valence-electron chi connectivity index (χ2n) is 6.73. The molecule has 1 atom stereocenters. The average molecular weight is 375 g/mol. The van der Waals surface area contributed by atoms with Crippen molar-refractivity contribution >= 4 is 17.7 Å². The fourth-order valence-electron chi connectivity index (χ4n) is 3.47. The first-order valence-corrected chi connectivity index (χ1v) is 10.2. The molecular weight excluding hydrogens is 348 g/mol. The number of hydrogen-bond donors (Lipinski definition) is 2. The van der Waals surface area contributed by atoms with Gasteiger partial charge in [0.2, 0.25) is 5.89 Å². The van der Waals surface area contributed by atoms with Gasteiger partial charge in [0.25, 0.3) is 5.91 Å². The van der Waals surface area contributed by atoms with Crippen molar-refractivity contribution in [1.29, 1.82) is 0 Å². The number of rotatable bonds is 7. The Hall–Kier alpha value is -1.86. The number of amides is 1. The van der Waals surface area contributed by atoms with Crippen LogP contribution >= 0.6 is 11.8 Å². The lowest BCUT2D eigenvalue weighted by Gasteiger charge is -2.30. The standard InChI is InChI=1S/C19H26N4O2S/c1-13-21-18(25-23-13)12-26-17-10-6-5-9-15(17)19(24)22-16(11-20)14-7-3-2-4-8-14/h5-6,9-10,14,16H,2-4,7-8,11-12,20H2,1H3,(H,22,24). The predicted octanol–water partition coefficient (Wildman–Crippen LogP) is 3.31. The van der Waals surface area contributed by atoms with E-state index in [0.29, 0.717) is 35.5 Å². The van der Waals surface area contributed by atoms with Crippen LogP contribution in [0.25, 0.3) is 0 Å². The van der Waals surface area contributed by atoms with Gasteiger partial charge in [0.15, 0.2) is 5.82 Å². The molecule has 0 spiro atoms. The van der Waals surface area contributed by atoms with Crippen LogP contribution in [-0.4, -0.2) is 28.6 Å². The molecule has 7 heteroatoms. The highest BCUT2D eigenvalue weighted by Crippen LogP contribution is 2.28. The van der Waals surface area contributed by atoms with Crippen molar-refractivity contribution in [2.75, 3.05) is 6.54 Å². The van der Waals surface area contributed by atoms with E-state index in [1.54, 1.807) is 6.92 Å². The molecule has 0 bridgehead atoms. The van der Waals surface area contributed by atoms with E-state index in [1.165, 1.54) is 31.0 Å². The fraction of sp³-hybridized carbons (Fsp3) is 0.526. The number of hydrogen-bond acceptors (Lipinski definition) is 6. The van der Waals surface area contributed by atoms with Crippen LogP contribution in [0.2, 0.25) is 0 Å². The Morgan fingerprint density at radius 3 is 2.81 bits per heavy atom. The van der Waals surface area contributed by atoms with Crippen molar-refractivity contribution in [2.24, 2.45) is 11.7 Å². The largest absolute Gasteiger partial charge is 0.348 e. The van der Waals surface area contributed by atoms with Gasteiger partial charge in [-0.15, -0.1) is 11.8 Å². The normalized spacial score (nSPS) is 16.4. The van der Waals surface area contributed by atoms with Gasteiger partial charge in [-0.3, -0.25) is 4.79 Å². The molecule has 1 heterocycles. The lowest BCUT2D eigenvalue weighted by molar-refractivity contribution is 0.0912. The Labute approximate surface area is 158 Å². The molecule has 140 valence electrons. The molecule has 26 heavy (non-hydrogen) atoms. The Kier molecular flexibility index (Phi) is 6.68. The van der Waals surface area contributed by atoms with Crippen molar-refractivity contribution in [3.63, 3.8) is 0 Å². The topological polar surface area (TPSA) is 94.0 Å². The minimum absolute atomic E-state index is 0.0412. The van der Waals surface area contributed by atoms with Crippen LogP contribution in [0.4, 0.5) is 0 Å². The van der Waals surface area contributed by atoms with Gasteiger partial charge in [0, 0.05) is 17.5 Å². The van der Waals surface area contributed by atoms with E-state index in [9.17, 15) is 4.79 Å². The summed E-state index contributed by atoms with van der Waals surface area (Å²) in [6.07, 6.45) is 6.04. The molecular formula is C19H26N4O2S. The Morgan fingerprint density at radius 2 is 2.12 bits per heavy atom. The van der Waals surface area contributed by atoms with Crippen LogP contribution in [0.5, 0.6) is 0 Å². The number of nitrogens with two attached hydrogens (primary N) is 1. The van der Waals surface area contributed by atoms with Crippen molar-refractivity contribution in [2.45, 2.75) is 55.7 Å². The quantitative estimate of drug-likeness (QED) is 0.722. The van der Waals surface area contributed by atoms with Crippen LogP contribution in [0.3, 0.4) is 0 Å². The molecule has 1 fully saturated rings. The molecule has 1 unspecified atom stereocenters. The number of thioether (sulfide) groups is 1. The molecule has 1 aliphatic rings. The van der Waals surface area contributed by atoms with Gasteiger partial charge in [-0.2, -0.15) is 4.98 Å². The maximum absolute atomic E-state index is 12.9. The van der Waals surface area contributed by atoms with Gasteiger partial charge in [-0.1, -0.05) is 36.6 Å². The molecule has 1 amide bonds. The molecule has 1 aromatic heterocycles. The zero-order valence-corrected chi connectivity index (χ0v) is 15.9. The Morgan fingerprint density at radius 1 is 1.35 bits per heavy atom. The van der Waals surface area contributed by atoms with Gasteiger partial charge in [-0.05, 0) is 37.8 Å². The van der Waals surface area contributed by atoms with E-state index in [1.807, 2.05) is 24.3 Å². The summed E-state index contributed by atoms with van der Waals surface area (Å²) in [4.78, 5) is 18.0. The summed E-state index contributed by atoms with van der Waals surface area (Å²) in [5.41, 5.74) is 6.63. The molecule has 2 aromatic rings. The number of benzene rings is 1. The third kappa shape index (κ3) is 4.86. The highest BCUT2D eigenvalue weighted by molar-refractivity contribution is 7.98. The van der Waals surface area contributed by atoms with Crippen LogP contribution in [0.1, 0.15) is 54.2 Å². The molecule has 1 aliphatic carbocycles. The number of nitrogens with zero attached hydrogens (tertiary/aromatic N) is 2. The summed E-state index contributed by atoms with van der Waals surface area (Å²) < 4.78 is 5.15. The summed E-state index contributed by atoms with van der Waals surface area (Å²) in [5.74, 6) is 2.14. The first-order valence-electron chi connectivity index (χ1n) is 9.19. The monoisotopic (exact) mass is 374 g/mol. The number of carbonyl (C=O) groups excluding carboxylic acids is 1. The van der Waals surface area contributed by atoms with E-state index in [0.717, 1.165) is 17.7 Å². The van der Waals surface area contributed by atoms with E-state index in [2.05, 4.69) is 15.5 Å². The van der Waals surface area contributed by atoms with E-state index < -0.39 is 0 Å². The Balaban J connectivity index is 1.66. The summed E-state index contributed by atoms with van der Waals surface area (Å²) in [6.45, 7) is 2.27. The SMILES string of the molecule is Cc1noc(CSc2ccccc2C(=O)NC(CN)C2CCCCC2)n1. The third-order valence-electron chi connectivity index (χ3n) is 4.84. The number of nitrogens with one attached hydrogen (secondary N) is 1. The lowest BCUT2D eigenvalue weighted by Crippen LogP contribution is -2.46. The van der Waals surface area contributed by atoms with E-state index in [-0.39, 0.29) is 11.9 Å². The minimum atomic E-state index is -0.0594. The summed E-state index contributed by atoms with van der Waals surface area (Å²) in [7, 11) is 0. The van der Waals surface area contributed by atoms with E-state index >= 15 is 0 Å². The van der Waals surface area contributed by atoms with Crippen molar-refractivity contribution < 1.29 is 9.32 Å². The zero-order valence-electron chi connectivity index (χ0n) is 15.1. The molecule has 1 saturated carbocycles. The average Bonchev–Trinajstić information content (AvgIpc) is 3.10. The summed E-state index contributed by atoms with van der Waals surface area (Å²) >= 11 is 1.52. The third-order valence-corrected chi connectivity index (χ3v) is 5.90. The van der Waals surface area contributed by atoms with Gasteiger partial charge in [-0.25, -0.2) is 0 Å². The molecule has 1 aromatic carbocycles. The number of aromatic nitrogens is 2. The predicted molar refractivity (Wildman–Crippen MR) is 102 cm³/mol. The second kappa shape index (κ2) is 9.19. The molecule has 0 radical (unpaired) electrons. The van der Waals surface area contributed by atoms with Gasteiger partial charge in [0.05, 0.1) is 11.3 Å². The van der Waals surface area contributed by atoms with Crippen LogP contribution < -0.4 is 11.1 Å². The van der Waals surface area contributed by atoms with E-state index in [4.69, 9.17) is 10.3 Å². The zero-order chi connectivity index (χ0) is 18.4. The molecule has 3 N–H and O–H groups in total. The van der Waals surface area contributed by atoms with Gasteiger partial charge in [0.1, 0.15) is 0 Å². The maximum Gasteiger partial charge on any atom is 0.252 e. The fourth-order valence-corrected chi connectivity index (χ4v) is 4.36. The number of carbonyl (C=O) groups is 1. The molecule has 6 nitrogen and oxygen atoms in total. The first kappa shape index (κ1) is 18.9. The van der Waals surface area contributed by atoms with Crippen LogP contribution in [0.15, 0.2) is 33.7 Å². The summed E-state index contributed by atoms with van der Waals surface area (Å²) in [5, 5.41) is 6.96. The van der Waals surface area contributed by atoms with Gasteiger partial charge >= 0.3 is 0 Å². The maximum atomic E-state index is 12.9. The van der Waals surface area contributed by atoms with Crippen molar-refractivity contribution in [3.05, 3.63) is 41.5 Å². The smallest absolute Gasteiger partial charge is 0.252 e. The van der Waals surface area contributed by atoms with Crippen molar-refractivity contribution in [1.82, 2.24) is 15.5 Å². The number of aryl methyl sites for hydroxylation is 1. The first-order chi connectivity index (χ1) is 12.7. The highest BCUT2D eigenvalue weighted by Gasteiger charge is 2.25. The van der Waals surface area contributed by atoms with Crippen LogP contribution in [-0.2, 0) is 5.75 Å². The minimum Gasteiger partial charge on any atom is -0.348 e. The lowest BCUT2D eigenvalue weighted by atomic mass is 9.84. The molecule has 0 aliphatic heterocycles. The molecule has 3 rings (SSSR count).